The molecule has 0 saturated carbocycles. The highest BCUT2D eigenvalue weighted by atomic mass is 16.6. The van der Waals surface area contributed by atoms with E-state index in [9.17, 15) is 29.8 Å². The molecule has 4 rings (SSSR count). The SMILES string of the molecule is COC(=O)C1=C(C(=O)c2cccc([N+](=O)[O-])c2)[C@@H](c2cccc([N+](=O)[O-])c2)n2nnnc2N1. The van der Waals surface area contributed by atoms with Crippen LogP contribution in [0, 0.1) is 20.2 Å². The molecular formula is C19H13N7O7. The monoisotopic (exact) mass is 451 g/mol. The zero-order valence-corrected chi connectivity index (χ0v) is 16.7. The number of hydrogen-bond donors (Lipinski definition) is 1. The fourth-order valence-corrected chi connectivity index (χ4v) is 3.42. The van der Waals surface area contributed by atoms with Gasteiger partial charge in [0.15, 0.2) is 5.78 Å². The van der Waals surface area contributed by atoms with E-state index in [1.807, 2.05) is 0 Å². The molecule has 0 radical (unpaired) electrons. The van der Waals surface area contributed by atoms with Crippen molar-refractivity contribution >= 4 is 29.1 Å². The van der Waals surface area contributed by atoms with Crippen LogP contribution in [0.1, 0.15) is 22.0 Å². The molecule has 2 heterocycles. The standard InChI is InChI=1S/C19H13N7O7/c1-33-18(28)15-14(17(27)11-5-3-7-13(9-11)26(31)32)16(24-19(20-15)21-22-23-24)10-4-2-6-12(8-10)25(29)30/h2-9,16H,1H3,(H,20,21,23)/t16-/m1/s1. The van der Waals surface area contributed by atoms with Crippen LogP contribution in [0.25, 0.3) is 0 Å². The molecule has 3 aromatic rings. The number of rotatable bonds is 6. The minimum atomic E-state index is -1.17. The summed E-state index contributed by atoms with van der Waals surface area (Å²) in [6.45, 7) is 0. The van der Waals surface area contributed by atoms with Gasteiger partial charge in [-0.1, -0.05) is 29.4 Å². The van der Waals surface area contributed by atoms with E-state index in [2.05, 4.69) is 20.8 Å². The topological polar surface area (TPSA) is 185 Å². The number of methoxy groups -OCH3 is 1. The van der Waals surface area contributed by atoms with Gasteiger partial charge in [0, 0.05) is 29.8 Å². The Morgan fingerprint density at radius 1 is 1.06 bits per heavy atom. The number of allylic oxidation sites excluding steroid dienone is 1. The first kappa shape index (κ1) is 21.2. The number of non-ortho nitro benzene ring substituents is 2. The van der Waals surface area contributed by atoms with E-state index in [1.54, 1.807) is 0 Å². The number of esters is 1. The quantitative estimate of drug-likeness (QED) is 0.249. The lowest BCUT2D eigenvalue weighted by molar-refractivity contribution is -0.385. The number of nitrogens with one attached hydrogen (secondary N) is 1. The lowest BCUT2D eigenvalue weighted by Gasteiger charge is -2.28. The molecule has 0 fully saturated rings. The van der Waals surface area contributed by atoms with E-state index >= 15 is 0 Å². The number of nitro benzene ring substituents is 2. The lowest BCUT2D eigenvalue weighted by Crippen LogP contribution is -2.33. The third-order valence-corrected chi connectivity index (χ3v) is 4.87. The van der Waals surface area contributed by atoms with Crippen LogP contribution < -0.4 is 5.32 Å². The Morgan fingerprint density at radius 3 is 2.39 bits per heavy atom. The molecule has 1 N–H and O–H groups in total. The molecule has 1 aliphatic heterocycles. The van der Waals surface area contributed by atoms with Gasteiger partial charge in [0.25, 0.3) is 11.4 Å². The summed E-state index contributed by atoms with van der Waals surface area (Å²) in [5, 5.41) is 36.3. The van der Waals surface area contributed by atoms with Gasteiger partial charge < -0.3 is 10.1 Å². The second kappa shape index (κ2) is 8.26. The fourth-order valence-electron chi connectivity index (χ4n) is 3.42. The predicted molar refractivity (Wildman–Crippen MR) is 109 cm³/mol. The summed E-state index contributed by atoms with van der Waals surface area (Å²) in [6, 6.07) is 9.16. The minimum absolute atomic E-state index is 0.0116. The van der Waals surface area contributed by atoms with Gasteiger partial charge in [-0.25, -0.2) is 4.79 Å². The first-order chi connectivity index (χ1) is 15.8. The summed E-state index contributed by atoms with van der Waals surface area (Å²) in [5.41, 5.74) is -0.957. The molecular weight excluding hydrogens is 438 g/mol. The smallest absolute Gasteiger partial charge is 0.355 e. The van der Waals surface area contributed by atoms with Gasteiger partial charge in [0.2, 0.25) is 5.95 Å². The molecule has 33 heavy (non-hydrogen) atoms. The van der Waals surface area contributed by atoms with Gasteiger partial charge in [-0.3, -0.25) is 25.0 Å². The van der Waals surface area contributed by atoms with Crippen LogP contribution in [0.4, 0.5) is 17.3 Å². The van der Waals surface area contributed by atoms with Crippen LogP contribution in [-0.2, 0) is 9.53 Å². The van der Waals surface area contributed by atoms with Crippen LogP contribution in [-0.4, -0.2) is 48.9 Å². The third kappa shape index (κ3) is 3.76. The maximum atomic E-state index is 13.6. The second-order valence-electron chi connectivity index (χ2n) is 6.74. The average molecular weight is 451 g/mol. The van der Waals surface area contributed by atoms with Crippen molar-refractivity contribution in [2.24, 2.45) is 0 Å². The Hall–Kier alpha value is -5.01. The summed E-state index contributed by atoms with van der Waals surface area (Å²) >= 11 is 0. The number of carbonyl (C=O) groups is 2. The molecule has 0 amide bonds. The maximum Gasteiger partial charge on any atom is 0.355 e. The zero-order chi connectivity index (χ0) is 23.7. The summed E-state index contributed by atoms with van der Waals surface area (Å²) in [7, 11) is 1.10. The van der Waals surface area contributed by atoms with Crippen molar-refractivity contribution in [3.8, 4) is 0 Å². The Bertz CT molecular complexity index is 1350. The first-order valence-corrected chi connectivity index (χ1v) is 9.22. The number of hydrogen-bond acceptors (Lipinski definition) is 11. The zero-order valence-electron chi connectivity index (χ0n) is 16.7. The predicted octanol–water partition coefficient (Wildman–Crippen LogP) is 1.81. The molecule has 0 saturated heterocycles. The highest BCUT2D eigenvalue weighted by Gasteiger charge is 2.39. The van der Waals surface area contributed by atoms with Gasteiger partial charge in [-0.2, -0.15) is 4.68 Å². The summed E-state index contributed by atoms with van der Waals surface area (Å²) in [4.78, 5) is 47.4. The van der Waals surface area contributed by atoms with Crippen molar-refractivity contribution in [2.75, 3.05) is 12.4 Å². The molecule has 0 unspecified atom stereocenters. The van der Waals surface area contributed by atoms with Gasteiger partial charge in [0.1, 0.15) is 11.7 Å². The number of Topliss-reactive ketones (excluding diaryl/α,β-unsaturated/α-hetero) is 1. The molecule has 0 spiro atoms. The van der Waals surface area contributed by atoms with Crippen LogP contribution in [0.5, 0.6) is 0 Å². The van der Waals surface area contributed by atoms with E-state index in [1.165, 1.54) is 47.1 Å². The highest BCUT2D eigenvalue weighted by Crippen LogP contribution is 2.37. The molecule has 1 aliphatic rings. The lowest BCUT2D eigenvalue weighted by atomic mass is 9.89. The highest BCUT2D eigenvalue weighted by molar-refractivity contribution is 6.15. The number of benzene rings is 2. The van der Waals surface area contributed by atoms with Crippen LogP contribution in [0.15, 0.2) is 59.8 Å². The normalized spacial score (nSPS) is 14.8. The average Bonchev–Trinajstić information content (AvgIpc) is 3.30. The minimum Gasteiger partial charge on any atom is -0.464 e. The molecule has 1 atom stereocenters. The molecule has 2 aromatic carbocycles. The van der Waals surface area contributed by atoms with Crippen LogP contribution in [0.3, 0.4) is 0 Å². The van der Waals surface area contributed by atoms with E-state index < -0.39 is 27.6 Å². The number of aromatic nitrogens is 4. The fraction of sp³-hybridized carbons (Fsp3) is 0.105. The number of anilines is 1. The molecule has 0 aliphatic carbocycles. The Balaban J connectivity index is 1.96. The molecule has 14 nitrogen and oxygen atoms in total. The van der Waals surface area contributed by atoms with E-state index in [0.717, 1.165) is 13.2 Å². The van der Waals surface area contributed by atoms with Gasteiger partial charge >= 0.3 is 5.97 Å². The van der Waals surface area contributed by atoms with E-state index in [4.69, 9.17) is 4.74 Å². The molecule has 0 bridgehead atoms. The van der Waals surface area contributed by atoms with Crippen molar-refractivity contribution in [2.45, 2.75) is 6.04 Å². The number of carbonyl (C=O) groups excluding carboxylic acids is 2. The van der Waals surface area contributed by atoms with Crippen molar-refractivity contribution in [1.29, 1.82) is 0 Å². The number of ketones is 1. The summed E-state index contributed by atoms with van der Waals surface area (Å²) in [5.74, 6) is -1.69. The van der Waals surface area contributed by atoms with Crippen LogP contribution in [0.2, 0.25) is 0 Å². The maximum absolute atomic E-state index is 13.6. The summed E-state index contributed by atoms with van der Waals surface area (Å²) in [6.07, 6.45) is 0. The number of nitro groups is 2. The number of tetrazole rings is 1. The second-order valence-corrected chi connectivity index (χ2v) is 6.74. The number of ether oxygens (including phenoxy) is 1. The third-order valence-electron chi connectivity index (χ3n) is 4.87. The van der Waals surface area contributed by atoms with Crippen molar-refractivity contribution in [1.82, 2.24) is 20.2 Å². The largest absolute Gasteiger partial charge is 0.464 e. The van der Waals surface area contributed by atoms with Gasteiger partial charge in [-0.05, 0) is 16.0 Å². The molecule has 166 valence electrons. The van der Waals surface area contributed by atoms with Crippen molar-refractivity contribution in [3.63, 3.8) is 0 Å². The first-order valence-electron chi connectivity index (χ1n) is 9.22. The number of nitrogens with zero attached hydrogens (tertiary/aromatic N) is 6. The summed E-state index contributed by atoms with van der Waals surface area (Å²) < 4.78 is 5.98. The van der Waals surface area contributed by atoms with Crippen molar-refractivity contribution in [3.05, 3.63) is 91.2 Å². The Kier molecular flexibility index (Phi) is 5.31. The Labute approximate surface area is 183 Å². The van der Waals surface area contributed by atoms with Crippen LogP contribution >= 0.6 is 0 Å². The van der Waals surface area contributed by atoms with Gasteiger partial charge in [0.05, 0.1) is 22.5 Å². The van der Waals surface area contributed by atoms with Gasteiger partial charge in [-0.15, -0.1) is 0 Å². The van der Waals surface area contributed by atoms with E-state index in [-0.39, 0.29) is 39.7 Å². The van der Waals surface area contributed by atoms with E-state index in [0.29, 0.717) is 0 Å². The molecule has 14 heteroatoms. The number of fused-ring (bicyclic) bond motifs is 1. The van der Waals surface area contributed by atoms with Crippen molar-refractivity contribution < 1.29 is 24.2 Å². The molecule has 1 aromatic heterocycles. The Morgan fingerprint density at radius 2 is 1.73 bits per heavy atom.